The summed E-state index contributed by atoms with van der Waals surface area (Å²) >= 11 is 0. The molecule has 2 atom stereocenters. The number of aromatic nitrogens is 1. The third-order valence-corrected chi connectivity index (χ3v) is 14.7. The summed E-state index contributed by atoms with van der Waals surface area (Å²) in [5.41, 5.74) is 20.2. The molecule has 2 unspecified atom stereocenters. The smallest absolute Gasteiger partial charge is 0.283 e. The maximum atomic E-state index is 5.43. The Bertz CT molecular complexity index is 3570. The number of quaternary nitrogens is 1. The van der Waals surface area contributed by atoms with Gasteiger partial charge >= 0.3 is 0 Å². The first-order chi connectivity index (χ1) is 33.2. The van der Waals surface area contributed by atoms with E-state index < -0.39 is 0 Å². The number of amidine groups is 2. The van der Waals surface area contributed by atoms with Crippen LogP contribution in [0.4, 0.5) is 17.1 Å². The lowest BCUT2D eigenvalue weighted by Crippen LogP contribution is -2.80. The first kappa shape index (κ1) is 39.3. The van der Waals surface area contributed by atoms with Crippen molar-refractivity contribution in [3.05, 3.63) is 252 Å². The number of nitrogens with zero attached hydrogens (tertiary/aromatic N) is 3. The number of hydrogen-bond donors (Lipinski definition) is 2. The van der Waals surface area contributed by atoms with Gasteiger partial charge in [-0.3, -0.25) is 0 Å². The van der Waals surface area contributed by atoms with E-state index in [1.165, 1.54) is 83.5 Å². The lowest BCUT2D eigenvalue weighted by atomic mass is 9.85. The maximum absolute atomic E-state index is 5.43. The van der Waals surface area contributed by atoms with Crippen molar-refractivity contribution in [2.75, 3.05) is 6.54 Å². The highest BCUT2D eigenvalue weighted by Crippen LogP contribution is 2.57. The number of rotatable bonds is 7. The van der Waals surface area contributed by atoms with E-state index in [2.05, 4.69) is 240 Å². The fraction of sp³-hybridized carbons (Fsp3) is 0.0968. The van der Waals surface area contributed by atoms with Gasteiger partial charge in [-0.1, -0.05) is 140 Å². The van der Waals surface area contributed by atoms with Crippen LogP contribution in [0.2, 0.25) is 0 Å². The van der Waals surface area contributed by atoms with E-state index in [9.17, 15) is 0 Å². The zero-order valence-electron chi connectivity index (χ0n) is 37.4. The number of fused-ring (bicyclic) bond motifs is 10. The van der Waals surface area contributed by atoms with Crippen LogP contribution >= 0.6 is 0 Å². The summed E-state index contributed by atoms with van der Waals surface area (Å²) in [5.74, 6) is 1.97. The molecule has 0 spiro atoms. The van der Waals surface area contributed by atoms with Gasteiger partial charge in [-0.05, 0) is 102 Å². The quantitative estimate of drug-likeness (QED) is 0.154. The first-order valence-electron chi connectivity index (χ1n) is 23.7. The fourth-order valence-electron chi connectivity index (χ4n) is 11.7. The van der Waals surface area contributed by atoms with Crippen molar-refractivity contribution in [1.29, 1.82) is 0 Å². The third kappa shape index (κ3) is 6.19. The molecule has 13 rings (SSSR count). The molecule has 0 radical (unpaired) electrons. The molecule has 0 bridgehead atoms. The van der Waals surface area contributed by atoms with Gasteiger partial charge in [0.15, 0.2) is 11.4 Å². The van der Waals surface area contributed by atoms with Gasteiger partial charge in [-0.25, -0.2) is 14.8 Å². The number of benzene rings is 9. The van der Waals surface area contributed by atoms with Crippen molar-refractivity contribution in [2.45, 2.75) is 31.8 Å². The molecule has 320 valence electrons. The maximum Gasteiger partial charge on any atom is 0.283 e. The molecule has 67 heavy (non-hydrogen) atoms. The van der Waals surface area contributed by atoms with Crippen LogP contribution in [0.1, 0.15) is 58.8 Å². The van der Waals surface area contributed by atoms with E-state index in [4.69, 9.17) is 4.99 Å². The minimum atomic E-state index is -0.322. The highest BCUT2D eigenvalue weighted by molar-refractivity contribution is 6.14. The Morgan fingerprint density at radius 3 is 2.01 bits per heavy atom. The van der Waals surface area contributed by atoms with Crippen molar-refractivity contribution in [2.24, 2.45) is 4.99 Å². The average molecular weight is 864 g/mol. The molecule has 2 N–H and O–H groups in total. The van der Waals surface area contributed by atoms with E-state index in [1.807, 2.05) is 0 Å². The molecule has 5 heteroatoms. The summed E-state index contributed by atoms with van der Waals surface area (Å²) in [6, 6.07) is 80.2. The van der Waals surface area contributed by atoms with Crippen molar-refractivity contribution < 1.29 is 4.99 Å². The Labute approximate surface area is 391 Å². The second-order valence-corrected chi connectivity index (χ2v) is 18.1. The summed E-state index contributed by atoms with van der Waals surface area (Å²) in [6.45, 7) is 3.19. The van der Waals surface area contributed by atoms with Crippen molar-refractivity contribution in [3.8, 4) is 27.9 Å². The van der Waals surface area contributed by atoms with Crippen LogP contribution in [-0.2, 0) is 6.42 Å². The molecule has 0 saturated heterocycles. The third-order valence-electron chi connectivity index (χ3n) is 14.7. The van der Waals surface area contributed by atoms with Crippen molar-refractivity contribution >= 4 is 50.5 Å². The predicted molar refractivity (Wildman–Crippen MR) is 277 cm³/mol. The van der Waals surface area contributed by atoms with E-state index in [0.717, 1.165) is 47.7 Å². The van der Waals surface area contributed by atoms with E-state index in [1.54, 1.807) is 0 Å². The summed E-state index contributed by atoms with van der Waals surface area (Å²) in [5, 5.41) is 6.36. The van der Waals surface area contributed by atoms with Crippen LogP contribution < -0.4 is 14.8 Å². The molecular weight excluding hydrogens is 815 g/mol. The summed E-state index contributed by atoms with van der Waals surface area (Å²) in [7, 11) is 0. The predicted octanol–water partition coefficient (Wildman–Crippen LogP) is 13.1. The first-order valence-corrected chi connectivity index (χ1v) is 23.7. The molecule has 3 heterocycles. The van der Waals surface area contributed by atoms with Crippen molar-refractivity contribution in [1.82, 2.24) is 14.4 Å². The van der Waals surface area contributed by atoms with Gasteiger partial charge in [0.1, 0.15) is 5.69 Å². The van der Waals surface area contributed by atoms with Gasteiger partial charge in [0, 0.05) is 68.9 Å². The molecule has 0 fully saturated rings. The summed E-state index contributed by atoms with van der Waals surface area (Å²) in [6.07, 6.45) is 1.61. The van der Waals surface area contributed by atoms with Gasteiger partial charge in [-0.2, -0.15) is 4.99 Å². The summed E-state index contributed by atoms with van der Waals surface area (Å²) < 4.78 is 3.15. The summed E-state index contributed by atoms with van der Waals surface area (Å²) in [4.78, 5) is 9.34. The molecule has 3 aliphatic rings. The minimum Gasteiger partial charge on any atom is -0.309 e. The number of hydrogen-bond acceptors (Lipinski definition) is 2. The van der Waals surface area contributed by atoms with Gasteiger partial charge in [0.25, 0.3) is 5.84 Å². The standard InChI is InChI=1S/C62H48N5/c1-2-67(57-33-15-12-30-52(57)53-31-13-16-34-58(53)67)46-26-18-23-44(40-46)62-64-60(41-19-5-3-6-20-41)63-61(65-62)43-22-17-21-42(39-43)47-35-37-54-50(49-28-10-9-27-48(47)49)36-38-55-51-29-11-14-32-56(51)66(59(54)55)45-24-7-4-8-25-45/h3-34,36,38-40,47,61H,2,35,37H2,1H3,(H,63,64,65)/q+1/p+1. The van der Waals surface area contributed by atoms with Gasteiger partial charge < -0.3 is 4.57 Å². The Morgan fingerprint density at radius 2 is 1.22 bits per heavy atom. The van der Waals surface area contributed by atoms with Gasteiger partial charge in [0.05, 0.1) is 23.1 Å². The molecule has 9 aromatic carbocycles. The molecule has 1 aromatic heterocycles. The van der Waals surface area contributed by atoms with Gasteiger partial charge in [-0.15, -0.1) is 0 Å². The van der Waals surface area contributed by atoms with Crippen LogP contribution in [0.15, 0.2) is 223 Å². The highest BCUT2D eigenvalue weighted by Gasteiger charge is 2.45. The highest BCUT2D eigenvalue weighted by atomic mass is 15.4. The Balaban J connectivity index is 0.913. The average Bonchev–Trinajstić information content (AvgIpc) is 3.83. The number of para-hydroxylation sites is 4. The topological polar surface area (TPSA) is 43.3 Å². The van der Waals surface area contributed by atoms with E-state index >= 15 is 0 Å². The Hall–Kier alpha value is -8.12. The zero-order valence-corrected chi connectivity index (χ0v) is 37.4. The SMILES string of the molecule is CC[N+]1(c2cccc(C3=[NH+]C(c4cccc(C5CCc6c(ccc7c8ccccc8n(-c8ccccc8)c67)-c6ccccc65)c4)N=C(c4ccccc4)N3)c2)c2ccccc2-c2ccccc21. The molecule has 1 aliphatic carbocycles. The molecule has 0 amide bonds. The molecule has 5 nitrogen and oxygen atoms in total. The van der Waals surface area contributed by atoms with Crippen LogP contribution in [0.3, 0.4) is 0 Å². The molecule has 10 aromatic rings. The fourth-order valence-corrected chi connectivity index (χ4v) is 11.7. The van der Waals surface area contributed by atoms with Crippen molar-refractivity contribution in [3.63, 3.8) is 0 Å². The lowest BCUT2D eigenvalue weighted by Gasteiger charge is -2.33. The lowest BCUT2D eigenvalue weighted by molar-refractivity contribution is -0.510. The largest absolute Gasteiger partial charge is 0.309 e. The van der Waals surface area contributed by atoms with E-state index in [-0.39, 0.29) is 12.1 Å². The second-order valence-electron chi connectivity index (χ2n) is 18.1. The minimum absolute atomic E-state index is 0.188. The number of aryl methyl sites for hydroxylation is 1. The van der Waals surface area contributed by atoms with Crippen LogP contribution in [-0.4, -0.2) is 22.8 Å². The van der Waals surface area contributed by atoms with Crippen LogP contribution in [0, 0.1) is 0 Å². The second kappa shape index (κ2) is 15.8. The zero-order chi connectivity index (χ0) is 44.5. The normalized spacial score (nSPS) is 16.8. The monoisotopic (exact) mass is 863 g/mol. The van der Waals surface area contributed by atoms with Crippen LogP contribution in [0.25, 0.3) is 49.7 Å². The van der Waals surface area contributed by atoms with E-state index in [0.29, 0.717) is 4.48 Å². The molecular formula is C62H49N5+2. The Morgan fingerprint density at radius 1 is 0.567 bits per heavy atom. The number of nitrogens with one attached hydrogen (secondary N) is 2. The number of aliphatic imine (C=N–C) groups is 1. The molecule has 0 saturated carbocycles. The van der Waals surface area contributed by atoms with Crippen LogP contribution in [0.5, 0.6) is 0 Å². The van der Waals surface area contributed by atoms with Gasteiger partial charge in [0.2, 0.25) is 12.0 Å². The Kier molecular flexibility index (Phi) is 9.26. The molecule has 2 aliphatic heterocycles.